The van der Waals surface area contributed by atoms with E-state index in [1.165, 1.54) is 0 Å². The zero-order chi connectivity index (χ0) is 14.5. The molecule has 0 atom stereocenters. The van der Waals surface area contributed by atoms with Crippen LogP contribution in [-0.4, -0.2) is 20.7 Å². The van der Waals surface area contributed by atoms with Crippen LogP contribution in [0.5, 0.6) is 0 Å². The fourth-order valence-corrected chi connectivity index (χ4v) is 2.85. The Morgan fingerprint density at radius 1 is 1.10 bits per heavy atom. The number of rotatable bonds is 4. The Labute approximate surface area is 124 Å². The van der Waals surface area contributed by atoms with Crippen LogP contribution in [0.4, 0.5) is 0 Å². The van der Waals surface area contributed by atoms with Crippen molar-refractivity contribution < 1.29 is 9.53 Å². The van der Waals surface area contributed by atoms with Gasteiger partial charge < -0.3 is 9.30 Å². The van der Waals surface area contributed by atoms with Gasteiger partial charge in [0.05, 0.1) is 5.92 Å². The first-order valence-corrected chi connectivity index (χ1v) is 7.37. The molecule has 0 saturated heterocycles. The first kappa shape index (κ1) is 13.8. The summed E-state index contributed by atoms with van der Waals surface area (Å²) >= 11 is 0. The second kappa shape index (κ2) is 6.52. The average Bonchev–Trinajstić information content (AvgIpc) is 3.08. The summed E-state index contributed by atoms with van der Waals surface area (Å²) in [5.74, 6) is -0.0393. The number of aromatic nitrogens is 3. The van der Waals surface area contributed by atoms with Gasteiger partial charge in [-0.2, -0.15) is 0 Å². The van der Waals surface area contributed by atoms with Gasteiger partial charge in [-0.3, -0.25) is 4.79 Å². The number of benzene rings is 1. The van der Waals surface area contributed by atoms with Gasteiger partial charge >= 0.3 is 5.97 Å². The summed E-state index contributed by atoms with van der Waals surface area (Å²) in [6.07, 6.45) is 7.19. The average molecular weight is 285 g/mol. The van der Waals surface area contributed by atoms with Crippen LogP contribution in [0.2, 0.25) is 0 Å². The smallest absolute Gasteiger partial charge is 0.309 e. The molecule has 1 aliphatic rings. The molecule has 21 heavy (non-hydrogen) atoms. The van der Waals surface area contributed by atoms with Crippen molar-refractivity contribution in [3.63, 3.8) is 0 Å². The first-order valence-electron chi connectivity index (χ1n) is 7.37. The molecular weight excluding hydrogens is 266 g/mol. The largest absolute Gasteiger partial charge is 0.461 e. The molecule has 0 amide bonds. The zero-order valence-corrected chi connectivity index (χ0v) is 11.9. The maximum atomic E-state index is 12.1. The van der Waals surface area contributed by atoms with E-state index in [4.69, 9.17) is 4.74 Å². The number of esters is 1. The van der Waals surface area contributed by atoms with Gasteiger partial charge in [0.25, 0.3) is 0 Å². The van der Waals surface area contributed by atoms with Gasteiger partial charge in [-0.15, -0.1) is 10.2 Å². The van der Waals surface area contributed by atoms with Crippen molar-refractivity contribution in [2.24, 2.45) is 5.92 Å². The fraction of sp³-hybridized carbons (Fsp3) is 0.438. The monoisotopic (exact) mass is 285 g/mol. The molecule has 0 bridgehead atoms. The molecule has 1 fully saturated rings. The van der Waals surface area contributed by atoms with Crippen molar-refractivity contribution in [3.05, 3.63) is 48.5 Å². The van der Waals surface area contributed by atoms with Crippen LogP contribution in [-0.2, 0) is 16.1 Å². The predicted molar refractivity (Wildman–Crippen MR) is 77.3 cm³/mol. The van der Waals surface area contributed by atoms with Crippen molar-refractivity contribution in [2.45, 2.75) is 38.3 Å². The van der Waals surface area contributed by atoms with Gasteiger partial charge in [0, 0.05) is 6.04 Å². The summed E-state index contributed by atoms with van der Waals surface area (Å²) in [4.78, 5) is 12.1. The molecule has 0 unspecified atom stereocenters. The highest BCUT2D eigenvalue weighted by Crippen LogP contribution is 2.32. The minimum absolute atomic E-state index is 0.0291. The topological polar surface area (TPSA) is 57.0 Å². The maximum absolute atomic E-state index is 12.1. The van der Waals surface area contributed by atoms with E-state index in [2.05, 4.69) is 10.2 Å². The molecule has 0 radical (unpaired) electrons. The van der Waals surface area contributed by atoms with E-state index >= 15 is 0 Å². The minimum Gasteiger partial charge on any atom is -0.461 e. The molecule has 0 N–H and O–H groups in total. The van der Waals surface area contributed by atoms with Crippen LogP contribution in [0.3, 0.4) is 0 Å². The molecule has 0 aliphatic heterocycles. The zero-order valence-electron chi connectivity index (χ0n) is 11.9. The molecule has 1 aliphatic carbocycles. The summed E-state index contributed by atoms with van der Waals surface area (Å²) in [5.41, 5.74) is 1.03. The molecule has 2 aromatic rings. The fourth-order valence-electron chi connectivity index (χ4n) is 2.85. The van der Waals surface area contributed by atoms with E-state index in [1.54, 1.807) is 12.7 Å². The highest BCUT2D eigenvalue weighted by Gasteiger charge is 2.28. The standard InChI is InChI=1S/C16H19N3O2/c20-16(21-10-13-4-2-1-3-5-13)14-6-8-15(9-7-14)19-11-17-18-12-19/h1-5,11-12,14-15H,6-10H2/t14-,15+. The molecule has 0 spiro atoms. The highest BCUT2D eigenvalue weighted by molar-refractivity contribution is 5.72. The first-order chi connectivity index (χ1) is 10.3. The number of hydrogen-bond donors (Lipinski definition) is 0. The molecular formula is C16H19N3O2. The van der Waals surface area contributed by atoms with Crippen LogP contribution in [0.1, 0.15) is 37.3 Å². The van der Waals surface area contributed by atoms with Crippen molar-refractivity contribution in [1.82, 2.24) is 14.8 Å². The van der Waals surface area contributed by atoms with Gasteiger partial charge in [-0.25, -0.2) is 0 Å². The van der Waals surface area contributed by atoms with Crippen LogP contribution in [0, 0.1) is 5.92 Å². The summed E-state index contributed by atoms with van der Waals surface area (Å²) < 4.78 is 7.46. The number of ether oxygens (including phenoxy) is 1. The van der Waals surface area contributed by atoms with Gasteiger partial charge in [-0.1, -0.05) is 30.3 Å². The summed E-state index contributed by atoms with van der Waals surface area (Å²) in [5, 5.41) is 7.67. The lowest BCUT2D eigenvalue weighted by Crippen LogP contribution is -2.24. The van der Waals surface area contributed by atoms with Gasteiger partial charge in [0.1, 0.15) is 19.3 Å². The Morgan fingerprint density at radius 2 is 1.76 bits per heavy atom. The molecule has 5 nitrogen and oxygen atoms in total. The summed E-state index contributed by atoms with van der Waals surface area (Å²) in [6.45, 7) is 0.366. The van der Waals surface area contributed by atoms with E-state index in [-0.39, 0.29) is 11.9 Å². The molecule has 1 heterocycles. The third kappa shape index (κ3) is 3.48. The number of carbonyl (C=O) groups is 1. The second-order valence-corrected chi connectivity index (χ2v) is 5.51. The van der Waals surface area contributed by atoms with E-state index < -0.39 is 0 Å². The van der Waals surface area contributed by atoms with Crippen molar-refractivity contribution in [2.75, 3.05) is 0 Å². The SMILES string of the molecule is O=C(OCc1ccccc1)[C@H]1CC[C@@H](n2cnnc2)CC1. The summed E-state index contributed by atoms with van der Waals surface area (Å²) in [6, 6.07) is 10.2. The van der Waals surface area contributed by atoms with E-state index in [0.717, 1.165) is 31.2 Å². The van der Waals surface area contributed by atoms with Crippen LogP contribution >= 0.6 is 0 Å². The van der Waals surface area contributed by atoms with Gasteiger partial charge in [0.15, 0.2) is 0 Å². The lowest BCUT2D eigenvalue weighted by atomic mass is 9.86. The molecule has 110 valence electrons. The van der Waals surface area contributed by atoms with Crippen molar-refractivity contribution >= 4 is 5.97 Å². The predicted octanol–water partition coefficient (Wildman–Crippen LogP) is 2.75. The Kier molecular flexibility index (Phi) is 4.28. The quantitative estimate of drug-likeness (QED) is 0.810. The van der Waals surface area contributed by atoms with Crippen LogP contribution < -0.4 is 0 Å². The van der Waals surface area contributed by atoms with Gasteiger partial charge in [0.2, 0.25) is 0 Å². The van der Waals surface area contributed by atoms with Crippen LogP contribution in [0.15, 0.2) is 43.0 Å². The molecule has 1 aromatic carbocycles. The minimum atomic E-state index is -0.0685. The third-order valence-electron chi connectivity index (χ3n) is 4.11. The van der Waals surface area contributed by atoms with E-state index in [1.807, 2.05) is 34.9 Å². The normalized spacial score (nSPS) is 21.9. The number of carbonyl (C=O) groups excluding carboxylic acids is 1. The van der Waals surface area contributed by atoms with Crippen molar-refractivity contribution in [1.29, 1.82) is 0 Å². The molecule has 5 heteroatoms. The Morgan fingerprint density at radius 3 is 2.43 bits per heavy atom. The third-order valence-corrected chi connectivity index (χ3v) is 4.11. The van der Waals surface area contributed by atoms with Crippen molar-refractivity contribution in [3.8, 4) is 0 Å². The van der Waals surface area contributed by atoms with Crippen LogP contribution in [0.25, 0.3) is 0 Å². The summed E-state index contributed by atoms with van der Waals surface area (Å²) in [7, 11) is 0. The number of nitrogens with zero attached hydrogens (tertiary/aromatic N) is 3. The highest BCUT2D eigenvalue weighted by atomic mass is 16.5. The Hall–Kier alpha value is -2.17. The lowest BCUT2D eigenvalue weighted by molar-refractivity contribution is -0.151. The number of hydrogen-bond acceptors (Lipinski definition) is 4. The molecule has 1 saturated carbocycles. The Bertz CT molecular complexity index is 560. The Balaban J connectivity index is 1.47. The van der Waals surface area contributed by atoms with E-state index in [9.17, 15) is 4.79 Å². The molecule has 3 rings (SSSR count). The van der Waals surface area contributed by atoms with Gasteiger partial charge in [-0.05, 0) is 31.2 Å². The second-order valence-electron chi connectivity index (χ2n) is 5.51. The lowest BCUT2D eigenvalue weighted by Gasteiger charge is -2.27. The maximum Gasteiger partial charge on any atom is 0.309 e. The molecule has 1 aromatic heterocycles. The van der Waals surface area contributed by atoms with E-state index in [0.29, 0.717) is 12.6 Å².